The Hall–Kier alpha value is -2.07. The molecule has 0 radical (unpaired) electrons. The quantitative estimate of drug-likeness (QED) is 0.0208. The number of carbonyl (C=O) groups is 2. The first kappa shape index (κ1) is 51.9. The summed E-state index contributed by atoms with van der Waals surface area (Å²) in [7, 11) is 1.42. The number of phosphoric ester groups is 1. The Kier molecular flexibility index (Phi) is 34.0. The Bertz CT molecular complexity index is 1080. The van der Waals surface area contributed by atoms with E-state index in [0.29, 0.717) is 23.9 Å². The van der Waals surface area contributed by atoms with Crippen LogP contribution >= 0.6 is 7.82 Å². The molecule has 0 aliphatic heterocycles. The molecule has 0 saturated carbocycles. The van der Waals surface area contributed by atoms with Gasteiger partial charge in [-0.3, -0.25) is 18.6 Å². The lowest BCUT2D eigenvalue weighted by Gasteiger charge is -2.24. The topological polar surface area (TPSA) is 129 Å². The number of esters is 2. The van der Waals surface area contributed by atoms with Gasteiger partial charge in [0.15, 0.2) is 6.10 Å². The fourth-order valence-corrected chi connectivity index (χ4v) is 6.02. The lowest BCUT2D eigenvalue weighted by atomic mass is 10.0. The molecule has 0 saturated heterocycles. The van der Waals surface area contributed by atoms with E-state index in [1.54, 1.807) is 0 Å². The average molecular weight is 785 g/mol. The predicted molar refractivity (Wildman–Crippen MR) is 221 cm³/mol. The Morgan fingerprint density at radius 2 is 1.15 bits per heavy atom. The third kappa shape index (κ3) is 38.2. The first-order valence-electron chi connectivity index (χ1n) is 20.9. The van der Waals surface area contributed by atoms with Crippen molar-refractivity contribution in [3.63, 3.8) is 0 Å². The highest BCUT2D eigenvalue weighted by Gasteiger charge is 2.27. The van der Waals surface area contributed by atoms with Crippen LogP contribution in [0.15, 0.2) is 48.6 Å². The summed E-state index contributed by atoms with van der Waals surface area (Å²) < 4.78 is 34.1. The molecule has 3 atom stereocenters. The van der Waals surface area contributed by atoms with Crippen LogP contribution in [0, 0.1) is 0 Å². The molecule has 54 heavy (non-hydrogen) atoms. The molecule has 0 aromatic heterocycles. The van der Waals surface area contributed by atoms with Crippen LogP contribution in [0.2, 0.25) is 0 Å². The van der Waals surface area contributed by atoms with Crippen LogP contribution in [0.3, 0.4) is 0 Å². The molecule has 0 rings (SSSR count). The number of ether oxygens (including phenoxy) is 2. The largest absolute Gasteiger partial charge is 0.472 e. The van der Waals surface area contributed by atoms with Crippen molar-refractivity contribution in [1.29, 1.82) is 0 Å². The van der Waals surface area contributed by atoms with E-state index in [2.05, 4.69) is 49.5 Å². The van der Waals surface area contributed by atoms with Crippen LogP contribution in [0.4, 0.5) is 0 Å². The second-order valence-corrected chi connectivity index (χ2v) is 16.6. The fourth-order valence-electron chi connectivity index (χ4n) is 5.28. The molecule has 0 aliphatic rings. The van der Waals surface area contributed by atoms with Crippen LogP contribution in [0.1, 0.15) is 155 Å². The van der Waals surface area contributed by atoms with Crippen LogP contribution < -0.4 is 0 Å². The molecule has 0 bridgehead atoms. The van der Waals surface area contributed by atoms with Gasteiger partial charge in [-0.25, -0.2) is 4.57 Å². The van der Waals surface area contributed by atoms with Crippen LogP contribution in [0.5, 0.6) is 0 Å². The number of hydrogen-bond donors (Lipinski definition) is 2. The maximum Gasteiger partial charge on any atom is 0.472 e. The second kappa shape index (κ2) is 35.4. The SMILES string of the molecule is CCCCCCCCCCCCCCC(=O)O[C@H](COC(=O)CCC/C=C\C/C=C\C/C=C\C/C=C\CC[C@@H](O)CC)COP(=O)(O)OCC[N+](C)(C)C. The Morgan fingerprint density at radius 1 is 0.648 bits per heavy atom. The van der Waals surface area contributed by atoms with E-state index in [1.807, 2.05) is 34.1 Å². The lowest BCUT2D eigenvalue weighted by Crippen LogP contribution is -2.37. The molecule has 11 heteroatoms. The summed E-state index contributed by atoms with van der Waals surface area (Å²) in [5, 5.41) is 9.56. The number of phosphoric acid groups is 1. The van der Waals surface area contributed by atoms with Gasteiger partial charge in [0.25, 0.3) is 0 Å². The molecule has 2 N–H and O–H groups in total. The van der Waals surface area contributed by atoms with Gasteiger partial charge in [0.1, 0.15) is 19.8 Å². The van der Waals surface area contributed by atoms with E-state index >= 15 is 0 Å². The minimum absolute atomic E-state index is 0.0170. The Morgan fingerprint density at radius 3 is 1.69 bits per heavy atom. The molecular weight excluding hydrogens is 705 g/mol. The minimum Gasteiger partial charge on any atom is -0.462 e. The number of rotatable bonds is 37. The normalized spacial score (nSPS) is 14.7. The van der Waals surface area contributed by atoms with Crippen molar-refractivity contribution in [1.82, 2.24) is 0 Å². The summed E-state index contributed by atoms with van der Waals surface area (Å²) in [6, 6.07) is 0. The zero-order valence-corrected chi connectivity index (χ0v) is 35.7. The molecule has 0 aromatic carbocycles. The summed E-state index contributed by atoms with van der Waals surface area (Å²) in [5.74, 6) is -0.884. The van der Waals surface area contributed by atoms with Gasteiger partial charge in [0.05, 0.1) is 33.9 Å². The molecule has 10 nitrogen and oxygen atoms in total. The summed E-state index contributed by atoms with van der Waals surface area (Å²) in [4.78, 5) is 35.2. The molecular formula is C43H79NO9P+. The standard InChI is InChI=1S/C43H78NO9P/c1-6-8-9-10-11-12-13-19-23-26-29-32-35-43(47)53-41(39-52-54(48,49)51-37-36-44(3,4)5)38-50-42(46)34-31-28-25-22-20-17-15-14-16-18-21-24-27-30-33-40(45)7-2/h15-18,22,24-25,27,40-41,45H,6-14,19-21,23,26,28-39H2,1-5H3/p+1/b17-15-,18-16-,25-22-,27-24-/t40-,41+/m0/s1. The van der Waals surface area contributed by atoms with Crippen molar-refractivity contribution in [2.75, 3.05) is 47.5 Å². The van der Waals surface area contributed by atoms with Crippen molar-refractivity contribution < 1.29 is 47.2 Å². The number of aliphatic hydroxyl groups is 1. The fraction of sp³-hybridized carbons (Fsp3) is 0.767. The van der Waals surface area contributed by atoms with Crippen LogP contribution in [-0.2, 0) is 32.7 Å². The Balaban J connectivity index is 4.48. The summed E-state index contributed by atoms with van der Waals surface area (Å²) in [6.07, 6.45) is 36.8. The number of hydrogen-bond acceptors (Lipinski definition) is 8. The predicted octanol–water partition coefficient (Wildman–Crippen LogP) is 10.5. The maximum atomic E-state index is 12.6. The third-order valence-corrected chi connectivity index (χ3v) is 9.76. The summed E-state index contributed by atoms with van der Waals surface area (Å²) in [6.45, 7) is 4.05. The summed E-state index contributed by atoms with van der Waals surface area (Å²) >= 11 is 0. The molecule has 1 unspecified atom stereocenters. The maximum absolute atomic E-state index is 12.6. The van der Waals surface area contributed by atoms with Crippen molar-refractivity contribution in [2.45, 2.75) is 167 Å². The zero-order chi connectivity index (χ0) is 40.2. The number of aliphatic hydroxyl groups excluding tert-OH is 1. The molecule has 0 aliphatic carbocycles. The van der Waals surface area contributed by atoms with Gasteiger partial charge >= 0.3 is 19.8 Å². The average Bonchev–Trinajstić information content (AvgIpc) is 3.12. The van der Waals surface area contributed by atoms with Gasteiger partial charge < -0.3 is 24.0 Å². The molecule has 0 aromatic rings. The van der Waals surface area contributed by atoms with Crippen molar-refractivity contribution >= 4 is 19.8 Å². The first-order valence-corrected chi connectivity index (χ1v) is 22.4. The van der Waals surface area contributed by atoms with E-state index in [1.165, 1.54) is 51.4 Å². The highest BCUT2D eigenvalue weighted by atomic mass is 31.2. The van der Waals surface area contributed by atoms with Gasteiger partial charge in [0.2, 0.25) is 0 Å². The van der Waals surface area contributed by atoms with E-state index in [9.17, 15) is 24.2 Å². The van der Waals surface area contributed by atoms with Gasteiger partial charge in [-0.15, -0.1) is 0 Å². The van der Waals surface area contributed by atoms with Crippen LogP contribution in [-0.4, -0.2) is 86.1 Å². The first-order chi connectivity index (χ1) is 25.9. The van der Waals surface area contributed by atoms with Crippen LogP contribution in [0.25, 0.3) is 0 Å². The van der Waals surface area contributed by atoms with Crippen molar-refractivity contribution in [3.05, 3.63) is 48.6 Å². The van der Waals surface area contributed by atoms with E-state index in [4.69, 9.17) is 18.5 Å². The van der Waals surface area contributed by atoms with Gasteiger partial charge in [-0.05, 0) is 57.8 Å². The third-order valence-electron chi connectivity index (χ3n) is 8.78. The van der Waals surface area contributed by atoms with Gasteiger partial charge in [0, 0.05) is 12.8 Å². The zero-order valence-electron chi connectivity index (χ0n) is 34.8. The molecule has 314 valence electrons. The lowest BCUT2D eigenvalue weighted by molar-refractivity contribution is -0.870. The number of likely N-dealkylation sites (N-methyl/N-ethyl adjacent to an activating group) is 1. The number of allylic oxidation sites excluding steroid dienone is 8. The van der Waals surface area contributed by atoms with Crippen molar-refractivity contribution in [2.24, 2.45) is 0 Å². The van der Waals surface area contributed by atoms with Crippen molar-refractivity contribution in [3.8, 4) is 0 Å². The molecule has 0 heterocycles. The smallest absolute Gasteiger partial charge is 0.462 e. The van der Waals surface area contributed by atoms with E-state index in [0.717, 1.165) is 64.2 Å². The monoisotopic (exact) mass is 785 g/mol. The second-order valence-electron chi connectivity index (χ2n) is 15.2. The summed E-state index contributed by atoms with van der Waals surface area (Å²) in [5.41, 5.74) is 0. The van der Waals surface area contributed by atoms with E-state index < -0.39 is 32.5 Å². The number of unbranched alkanes of at least 4 members (excludes halogenated alkanes) is 12. The minimum atomic E-state index is -4.39. The van der Waals surface area contributed by atoms with E-state index in [-0.39, 0.29) is 32.2 Å². The molecule has 0 spiro atoms. The van der Waals surface area contributed by atoms with Gasteiger partial charge in [-0.2, -0.15) is 0 Å². The number of carbonyl (C=O) groups excluding carboxylic acids is 2. The highest BCUT2D eigenvalue weighted by Crippen LogP contribution is 2.43. The number of nitrogens with zero attached hydrogens (tertiary/aromatic N) is 1. The Labute approximate surface area is 329 Å². The molecule has 0 fully saturated rings. The highest BCUT2D eigenvalue weighted by molar-refractivity contribution is 7.47. The van der Waals surface area contributed by atoms with Gasteiger partial charge in [-0.1, -0.05) is 133 Å². The number of quaternary nitrogens is 1. The molecule has 0 amide bonds.